The minimum atomic E-state index is -0.455. The Kier molecular flexibility index (Phi) is 3.85. The maximum Gasteiger partial charge on any atom is 0.273 e. The lowest BCUT2D eigenvalue weighted by Gasteiger charge is -2.08. The van der Waals surface area contributed by atoms with Crippen LogP contribution in [-0.4, -0.2) is 17.4 Å². The van der Waals surface area contributed by atoms with Crippen molar-refractivity contribution in [2.75, 3.05) is 12.4 Å². The molecule has 0 fully saturated rings. The van der Waals surface area contributed by atoms with Gasteiger partial charge in [0, 0.05) is 17.0 Å². The molecule has 0 aliphatic heterocycles. The number of non-ortho nitro benzene ring substituents is 1. The molecule has 0 N–H and O–H groups in total. The van der Waals surface area contributed by atoms with Crippen molar-refractivity contribution in [3.05, 3.63) is 40.5 Å². The van der Waals surface area contributed by atoms with E-state index in [9.17, 15) is 10.1 Å². The van der Waals surface area contributed by atoms with Gasteiger partial charge in [-0.25, -0.2) is 0 Å². The zero-order valence-corrected chi connectivity index (χ0v) is 9.78. The summed E-state index contributed by atoms with van der Waals surface area (Å²) in [6, 6.07) is 4.47. The summed E-state index contributed by atoms with van der Waals surface area (Å²) in [7, 11) is 1.48. The number of benzene rings is 1. The zero-order valence-electron chi connectivity index (χ0n) is 8.20. The lowest BCUT2D eigenvalue weighted by Crippen LogP contribution is -1.94. The summed E-state index contributed by atoms with van der Waals surface area (Å²) in [6.45, 7) is 3.83. The number of hydrogen-bond donors (Lipinski definition) is 0. The van der Waals surface area contributed by atoms with Gasteiger partial charge in [0.2, 0.25) is 0 Å². The van der Waals surface area contributed by atoms with E-state index in [0.29, 0.717) is 11.1 Å². The van der Waals surface area contributed by atoms with Crippen LogP contribution in [-0.2, 0) is 0 Å². The normalized spacial score (nSPS) is 9.73. The van der Waals surface area contributed by atoms with Crippen molar-refractivity contribution >= 4 is 27.2 Å². The van der Waals surface area contributed by atoms with Crippen LogP contribution in [0.5, 0.6) is 5.75 Å². The van der Waals surface area contributed by atoms with Crippen molar-refractivity contribution in [2.45, 2.75) is 0 Å². The fraction of sp³-hybridized carbons (Fsp3) is 0.200. The van der Waals surface area contributed by atoms with Gasteiger partial charge in [-0.15, -0.1) is 0 Å². The number of nitrogens with zero attached hydrogens (tertiary/aromatic N) is 1. The molecule has 0 amide bonds. The third-order valence-electron chi connectivity index (χ3n) is 1.94. The molecular formula is C10H10BrNO3. The molecular weight excluding hydrogens is 262 g/mol. The van der Waals surface area contributed by atoms with Crippen molar-refractivity contribution in [2.24, 2.45) is 0 Å². The number of hydrogen-bond acceptors (Lipinski definition) is 3. The maximum absolute atomic E-state index is 10.5. The highest BCUT2D eigenvalue weighted by molar-refractivity contribution is 9.09. The third-order valence-corrected chi connectivity index (χ3v) is 2.62. The van der Waals surface area contributed by atoms with E-state index in [1.54, 1.807) is 6.07 Å². The first-order chi connectivity index (χ1) is 7.10. The van der Waals surface area contributed by atoms with Crippen LogP contribution >= 0.6 is 15.9 Å². The fourth-order valence-corrected chi connectivity index (χ4v) is 1.46. The van der Waals surface area contributed by atoms with Gasteiger partial charge in [0.05, 0.1) is 18.1 Å². The van der Waals surface area contributed by atoms with Crippen LogP contribution in [0, 0.1) is 10.1 Å². The Morgan fingerprint density at radius 2 is 2.33 bits per heavy atom. The Balaban J connectivity index is 3.20. The molecule has 0 saturated carbocycles. The van der Waals surface area contributed by atoms with Crippen LogP contribution in [0.2, 0.25) is 0 Å². The average molecular weight is 272 g/mol. The fourth-order valence-electron chi connectivity index (χ4n) is 1.16. The Labute approximate surface area is 95.8 Å². The summed E-state index contributed by atoms with van der Waals surface area (Å²) in [5.41, 5.74) is 1.61. The van der Waals surface area contributed by atoms with Gasteiger partial charge in [-0.2, -0.15) is 0 Å². The van der Waals surface area contributed by atoms with E-state index >= 15 is 0 Å². The monoisotopic (exact) mass is 271 g/mol. The second-order valence-electron chi connectivity index (χ2n) is 2.88. The first-order valence-corrected chi connectivity index (χ1v) is 5.28. The number of nitro groups is 1. The smallest absolute Gasteiger partial charge is 0.273 e. The molecule has 0 radical (unpaired) electrons. The molecule has 4 nitrogen and oxygen atoms in total. The predicted molar refractivity (Wildman–Crippen MR) is 62.5 cm³/mol. The quantitative estimate of drug-likeness (QED) is 0.481. The molecule has 1 aromatic carbocycles. The van der Waals surface area contributed by atoms with Crippen LogP contribution < -0.4 is 4.74 Å². The van der Waals surface area contributed by atoms with E-state index < -0.39 is 4.92 Å². The van der Waals surface area contributed by atoms with Crippen molar-refractivity contribution in [3.63, 3.8) is 0 Å². The summed E-state index contributed by atoms with van der Waals surface area (Å²) in [5.74, 6) is 0.466. The van der Waals surface area contributed by atoms with E-state index in [0.717, 1.165) is 11.1 Å². The second-order valence-corrected chi connectivity index (χ2v) is 3.44. The first-order valence-electron chi connectivity index (χ1n) is 4.16. The Hall–Kier alpha value is -1.36. The Morgan fingerprint density at radius 3 is 2.80 bits per heavy atom. The Morgan fingerprint density at radius 1 is 1.67 bits per heavy atom. The molecule has 0 saturated heterocycles. The Bertz CT molecular complexity index is 404. The molecule has 15 heavy (non-hydrogen) atoms. The molecule has 0 aliphatic carbocycles. The highest BCUT2D eigenvalue weighted by Crippen LogP contribution is 2.29. The van der Waals surface area contributed by atoms with Crippen LogP contribution in [0.25, 0.3) is 5.57 Å². The number of rotatable bonds is 4. The number of allylic oxidation sites excluding steroid dienone is 1. The summed E-state index contributed by atoms with van der Waals surface area (Å²) in [4.78, 5) is 10.1. The molecule has 0 spiro atoms. The highest BCUT2D eigenvalue weighted by atomic mass is 79.9. The molecule has 0 unspecified atom stereocenters. The molecule has 0 heterocycles. The van der Waals surface area contributed by atoms with Gasteiger partial charge < -0.3 is 4.74 Å². The van der Waals surface area contributed by atoms with Crippen LogP contribution in [0.15, 0.2) is 24.8 Å². The van der Waals surface area contributed by atoms with Gasteiger partial charge in [0.15, 0.2) is 0 Å². The van der Waals surface area contributed by atoms with Gasteiger partial charge in [0.25, 0.3) is 5.69 Å². The standard InChI is InChI=1S/C10H10BrNO3/c1-7(6-11)9-4-3-8(12(13)14)5-10(9)15-2/h3-5H,1,6H2,2H3. The molecule has 0 bridgehead atoms. The number of ether oxygens (including phenoxy) is 1. The zero-order chi connectivity index (χ0) is 11.4. The molecule has 0 atom stereocenters. The van der Waals surface area contributed by atoms with Crippen LogP contribution in [0.1, 0.15) is 5.56 Å². The third kappa shape index (κ3) is 2.56. The molecule has 1 rings (SSSR count). The summed E-state index contributed by atoms with van der Waals surface area (Å²) in [5, 5.41) is 11.1. The SMILES string of the molecule is C=C(CBr)c1ccc([N+](=O)[O-])cc1OC. The molecule has 1 aromatic rings. The molecule has 5 heteroatoms. The highest BCUT2D eigenvalue weighted by Gasteiger charge is 2.12. The summed E-state index contributed by atoms with van der Waals surface area (Å²) >= 11 is 3.27. The molecule has 0 aliphatic rings. The van der Waals surface area contributed by atoms with E-state index in [1.807, 2.05) is 0 Å². The first kappa shape index (κ1) is 11.7. The van der Waals surface area contributed by atoms with Crippen molar-refractivity contribution in [1.29, 1.82) is 0 Å². The summed E-state index contributed by atoms with van der Waals surface area (Å²) < 4.78 is 5.07. The number of nitro benzene ring substituents is 1. The summed E-state index contributed by atoms with van der Waals surface area (Å²) in [6.07, 6.45) is 0. The second kappa shape index (κ2) is 4.93. The average Bonchev–Trinajstić information content (AvgIpc) is 2.27. The van der Waals surface area contributed by atoms with E-state index in [1.165, 1.54) is 19.2 Å². The van der Waals surface area contributed by atoms with E-state index in [4.69, 9.17) is 4.74 Å². The minimum Gasteiger partial charge on any atom is -0.496 e. The van der Waals surface area contributed by atoms with Gasteiger partial charge >= 0.3 is 0 Å². The van der Waals surface area contributed by atoms with Gasteiger partial charge in [0.1, 0.15) is 5.75 Å². The van der Waals surface area contributed by atoms with E-state index in [2.05, 4.69) is 22.5 Å². The largest absolute Gasteiger partial charge is 0.496 e. The molecule has 0 aromatic heterocycles. The van der Waals surface area contributed by atoms with Crippen LogP contribution in [0.4, 0.5) is 5.69 Å². The van der Waals surface area contributed by atoms with E-state index in [-0.39, 0.29) is 5.69 Å². The van der Waals surface area contributed by atoms with Crippen molar-refractivity contribution < 1.29 is 9.66 Å². The minimum absolute atomic E-state index is 0.0120. The topological polar surface area (TPSA) is 52.4 Å². The maximum atomic E-state index is 10.5. The van der Waals surface area contributed by atoms with Crippen molar-refractivity contribution in [1.82, 2.24) is 0 Å². The van der Waals surface area contributed by atoms with Crippen LogP contribution in [0.3, 0.4) is 0 Å². The lowest BCUT2D eigenvalue weighted by molar-refractivity contribution is -0.384. The van der Waals surface area contributed by atoms with Gasteiger partial charge in [-0.05, 0) is 11.6 Å². The predicted octanol–water partition coefficient (Wildman–Crippen LogP) is 3.01. The number of alkyl halides is 1. The number of methoxy groups -OCH3 is 1. The van der Waals surface area contributed by atoms with Crippen molar-refractivity contribution in [3.8, 4) is 5.75 Å². The lowest BCUT2D eigenvalue weighted by atomic mass is 10.1. The van der Waals surface area contributed by atoms with Gasteiger partial charge in [-0.1, -0.05) is 22.5 Å². The molecule has 80 valence electrons. The van der Waals surface area contributed by atoms with Gasteiger partial charge in [-0.3, -0.25) is 10.1 Å². The number of halogens is 1.